The number of benzene rings is 1. The number of morpholine rings is 1. The van der Waals surface area contributed by atoms with Crippen LogP contribution in [0.1, 0.15) is 37.6 Å². The zero-order chi connectivity index (χ0) is 19.7. The number of carbonyl (C=O) groups excluding carboxylic acids is 1. The predicted octanol–water partition coefficient (Wildman–Crippen LogP) is 2.30. The highest BCUT2D eigenvalue weighted by Gasteiger charge is 2.37. The molecule has 0 spiro atoms. The molecule has 0 aliphatic carbocycles. The summed E-state index contributed by atoms with van der Waals surface area (Å²) in [5.41, 5.74) is 1.84. The van der Waals surface area contributed by atoms with Gasteiger partial charge >= 0.3 is 0 Å². The molecule has 3 heterocycles. The number of ether oxygens (including phenoxy) is 1. The van der Waals surface area contributed by atoms with Gasteiger partial charge in [0, 0.05) is 11.4 Å². The lowest BCUT2D eigenvalue weighted by atomic mass is 10.0. The molecule has 0 saturated carbocycles. The molecular formula is C21H25ClN3O3+. The Kier molecular flexibility index (Phi) is 5.53. The van der Waals surface area contributed by atoms with Gasteiger partial charge in [0.05, 0.1) is 12.0 Å². The number of nitrogens with one attached hydrogen (secondary N) is 1. The number of nitrogens with zero attached hydrogens (tertiary/aromatic N) is 2. The normalized spacial score (nSPS) is 27.7. The molecule has 148 valence electrons. The number of amides is 1. The minimum atomic E-state index is -0.219. The summed E-state index contributed by atoms with van der Waals surface area (Å²) in [6.07, 6.45) is 2.55. The summed E-state index contributed by atoms with van der Waals surface area (Å²) in [5, 5.41) is 6.96. The summed E-state index contributed by atoms with van der Waals surface area (Å²) in [5.74, 6) is 0.751. The molecule has 4 rings (SSSR count). The summed E-state index contributed by atoms with van der Waals surface area (Å²) in [6.45, 7) is 6.15. The molecule has 0 unspecified atom stereocenters. The van der Waals surface area contributed by atoms with Crippen LogP contribution in [0.3, 0.4) is 0 Å². The largest absolute Gasteiger partial charge is 0.467 e. The van der Waals surface area contributed by atoms with Gasteiger partial charge in [0.2, 0.25) is 0 Å². The van der Waals surface area contributed by atoms with Gasteiger partial charge in [0.1, 0.15) is 37.1 Å². The van der Waals surface area contributed by atoms with Crippen LogP contribution < -0.4 is 4.90 Å². The van der Waals surface area contributed by atoms with Crippen molar-refractivity contribution in [3.05, 3.63) is 59.0 Å². The first-order valence-corrected chi connectivity index (χ1v) is 10.1. The molecule has 0 bridgehead atoms. The van der Waals surface area contributed by atoms with Crippen molar-refractivity contribution in [1.82, 2.24) is 5.01 Å². The highest BCUT2D eigenvalue weighted by atomic mass is 35.5. The van der Waals surface area contributed by atoms with E-state index in [1.807, 2.05) is 36.4 Å². The molecule has 1 amide bonds. The van der Waals surface area contributed by atoms with Crippen molar-refractivity contribution in [3.63, 3.8) is 0 Å². The van der Waals surface area contributed by atoms with Crippen molar-refractivity contribution in [2.24, 2.45) is 5.10 Å². The molecule has 6 nitrogen and oxygen atoms in total. The molecule has 7 heteroatoms. The number of hydrogen-bond acceptors (Lipinski definition) is 4. The van der Waals surface area contributed by atoms with E-state index in [-0.39, 0.29) is 24.2 Å². The zero-order valence-corrected chi connectivity index (χ0v) is 16.9. The van der Waals surface area contributed by atoms with Crippen molar-refractivity contribution >= 4 is 23.2 Å². The Labute approximate surface area is 169 Å². The Morgan fingerprint density at radius 3 is 2.57 bits per heavy atom. The van der Waals surface area contributed by atoms with Crippen LogP contribution in [0.5, 0.6) is 0 Å². The molecule has 1 aromatic heterocycles. The number of furan rings is 1. The van der Waals surface area contributed by atoms with E-state index in [1.165, 1.54) is 4.90 Å². The molecule has 1 fully saturated rings. The maximum atomic E-state index is 13.2. The van der Waals surface area contributed by atoms with E-state index in [4.69, 9.17) is 20.8 Å². The average molecular weight is 403 g/mol. The van der Waals surface area contributed by atoms with Crippen LogP contribution in [0, 0.1) is 0 Å². The lowest BCUT2D eigenvalue weighted by molar-refractivity contribution is -0.907. The fourth-order valence-electron chi connectivity index (χ4n) is 4.09. The highest BCUT2D eigenvalue weighted by molar-refractivity contribution is 6.30. The maximum absolute atomic E-state index is 13.2. The Bertz CT molecular complexity index is 840. The Morgan fingerprint density at radius 1 is 1.21 bits per heavy atom. The fourth-order valence-corrected chi connectivity index (χ4v) is 4.21. The predicted molar refractivity (Wildman–Crippen MR) is 106 cm³/mol. The van der Waals surface area contributed by atoms with E-state index in [0.717, 1.165) is 30.1 Å². The quantitative estimate of drug-likeness (QED) is 0.853. The molecule has 2 aliphatic rings. The second-order valence-electron chi connectivity index (χ2n) is 7.62. The van der Waals surface area contributed by atoms with Crippen molar-refractivity contribution in [2.75, 3.05) is 19.6 Å². The molecule has 1 aromatic carbocycles. The van der Waals surface area contributed by atoms with Gasteiger partial charge in [-0.05, 0) is 43.7 Å². The van der Waals surface area contributed by atoms with Crippen LogP contribution >= 0.6 is 11.6 Å². The molecular weight excluding hydrogens is 378 g/mol. The monoisotopic (exact) mass is 402 g/mol. The first-order chi connectivity index (χ1) is 13.5. The summed E-state index contributed by atoms with van der Waals surface area (Å²) < 4.78 is 11.4. The Balaban J connectivity index is 1.55. The third-order valence-corrected chi connectivity index (χ3v) is 5.49. The molecule has 1 saturated heterocycles. The van der Waals surface area contributed by atoms with Gasteiger partial charge in [-0.2, -0.15) is 5.10 Å². The van der Waals surface area contributed by atoms with Crippen molar-refractivity contribution in [3.8, 4) is 0 Å². The van der Waals surface area contributed by atoms with Crippen molar-refractivity contribution < 1.29 is 18.8 Å². The van der Waals surface area contributed by atoms with E-state index in [1.54, 1.807) is 11.3 Å². The van der Waals surface area contributed by atoms with Crippen LogP contribution in [0.4, 0.5) is 0 Å². The maximum Gasteiger partial charge on any atom is 0.298 e. The second kappa shape index (κ2) is 8.07. The van der Waals surface area contributed by atoms with E-state index in [2.05, 4.69) is 18.9 Å². The number of carbonyl (C=O) groups is 1. The Morgan fingerprint density at radius 2 is 1.93 bits per heavy atom. The van der Waals surface area contributed by atoms with Gasteiger partial charge in [0.25, 0.3) is 5.91 Å². The van der Waals surface area contributed by atoms with Crippen LogP contribution in [0.25, 0.3) is 0 Å². The second-order valence-corrected chi connectivity index (χ2v) is 8.06. The number of quaternary nitrogens is 1. The third kappa shape index (κ3) is 4.14. The van der Waals surface area contributed by atoms with Gasteiger partial charge in [-0.15, -0.1) is 0 Å². The lowest BCUT2D eigenvalue weighted by Crippen LogP contribution is -3.16. The smallest absolute Gasteiger partial charge is 0.298 e. The molecule has 2 aliphatic heterocycles. The van der Waals surface area contributed by atoms with E-state index >= 15 is 0 Å². The highest BCUT2D eigenvalue weighted by Crippen LogP contribution is 2.33. The van der Waals surface area contributed by atoms with Crippen LogP contribution in [0.2, 0.25) is 5.02 Å². The average Bonchev–Trinajstić information content (AvgIpc) is 3.31. The minimum absolute atomic E-state index is 0.00154. The van der Waals surface area contributed by atoms with Gasteiger partial charge in [-0.25, -0.2) is 5.01 Å². The number of halogens is 1. The van der Waals surface area contributed by atoms with Crippen LogP contribution in [0.15, 0.2) is 52.2 Å². The van der Waals surface area contributed by atoms with Crippen LogP contribution in [-0.2, 0) is 9.53 Å². The first kappa shape index (κ1) is 19.2. The minimum Gasteiger partial charge on any atom is -0.467 e. The molecule has 28 heavy (non-hydrogen) atoms. The molecule has 3 atom stereocenters. The van der Waals surface area contributed by atoms with E-state index < -0.39 is 0 Å². The van der Waals surface area contributed by atoms with Gasteiger partial charge in [-0.1, -0.05) is 23.7 Å². The van der Waals surface area contributed by atoms with E-state index in [0.29, 0.717) is 18.0 Å². The SMILES string of the molecule is C[C@@H]1C[NH+](CC(=O)N2N=C(c3ccc(Cl)cc3)C[C@H]2c2ccco2)C[C@@H](C)O1. The molecule has 0 radical (unpaired) electrons. The third-order valence-electron chi connectivity index (χ3n) is 5.23. The van der Waals surface area contributed by atoms with Gasteiger partial charge < -0.3 is 14.1 Å². The summed E-state index contributed by atoms with van der Waals surface area (Å²) in [6, 6.07) is 11.1. The number of rotatable bonds is 4. The fraction of sp³-hybridized carbons (Fsp3) is 0.429. The van der Waals surface area contributed by atoms with Crippen LogP contribution in [-0.4, -0.2) is 48.5 Å². The van der Waals surface area contributed by atoms with Gasteiger partial charge in [0.15, 0.2) is 6.54 Å². The van der Waals surface area contributed by atoms with Crippen molar-refractivity contribution in [2.45, 2.75) is 38.5 Å². The summed E-state index contributed by atoms with van der Waals surface area (Å²) in [7, 11) is 0. The topological polar surface area (TPSA) is 59.5 Å². The van der Waals surface area contributed by atoms with Crippen molar-refractivity contribution in [1.29, 1.82) is 0 Å². The Hall–Kier alpha value is -2.15. The zero-order valence-electron chi connectivity index (χ0n) is 16.1. The number of hydrogen-bond donors (Lipinski definition) is 1. The lowest BCUT2D eigenvalue weighted by Gasteiger charge is -2.32. The summed E-state index contributed by atoms with van der Waals surface area (Å²) in [4.78, 5) is 14.4. The van der Waals surface area contributed by atoms with Gasteiger partial charge in [-0.3, -0.25) is 4.79 Å². The molecule has 1 N–H and O–H groups in total. The first-order valence-electron chi connectivity index (χ1n) is 9.67. The van der Waals surface area contributed by atoms with E-state index in [9.17, 15) is 4.79 Å². The number of hydrazone groups is 1. The summed E-state index contributed by atoms with van der Waals surface area (Å²) >= 11 is 6.01. The standard InChI is InChI=1S/C21H24ClN3O3/c1-14-11-24(12-15(2)28-14)13-21(26)25-19(20-4-3-9-27-20)10-18(23-25)16-5-7-17(22)8-6-16/h3-9,14-15,19H,10-13H2,1-2H3/p+1/t14-,15-,19+/m1/s1. The molecule has 2 aromatic rings.